The third-order valence-corrected chi connectivity index (χ3v) is 8.95. The van der Waals surface area contributed by atoms with Crippen LogP contribution in [-0.4, -0.2) is 54.7 Å². The van der Waals surface area contributed by atoms with E-state index in [1.54, 1.807) is 47.5 Å². The molecule has 2 aromatic heterocycles. The molecule has 1 aliphatic heterocycles. The van der Waals surface area contributed by atoms with Crippen molar-refractivity contribution >= 4 is 74.4 Å². The van der Waals surface area contributed by atoms with Gasteiger partial charge in [-0.3, -0.25) is 9.79 Å². The molecule has 0 spiro atoms. The molecule has 3 heterocycles. The predicted molar refractivity (Wildman–Crippen MR) is 138 cm³/mol. The average molecular weight is 554 g/mol. The standard InChI is InChI=1S/C21H25ClN4O3S2.2ClH/c1-23-21-25(2)13-18(30-21)14-5-8-26(9-6-14)20(27)7-10-31(28,29)19-12-15-11-16(22)3-4-17(15)24-19;;/h3-4,11-14,24H,5-10H2,1-2H3;2*1H. The van der Waals surface area contributed by atoms with Gasteiger partial charge in [-0.05, 0) is 43.0 Å². The molecule has 1 amide bonds. The number of piperidine rings is 1. The number of H-pyrrole nitrogens is 1. The molecule has 1 N–H and O–H groups in total. The molecular weight excluding hydrogens is 527 g/mol. The van der Waals surface area contributed by atoms with Gasteiger partial charge in [0.2, 0.25) is 5.91 Å². The number of benzene rings is 1. The Morgan fingerprint density at radius 3 is 2.58 bits per heavy atom. The first-order valence-corrected chi connectivity index (χ1v) is 13.0. The molecule has 1 fully saturated rings. The Morgan fingerprint density at radius 2 is 1.94 bits per heavy atom. The van der Waals surface area contributed by atoms with Gasteiger partial charge >= 0.3 is 0 Å². The zero-order chi connectivity index (χ0) is 22.2. The number of halogens is 3. The van der Waals surface area contributed by atoms with Gasteiger partial charge < -0.3 is 14.5 Å². The summed E-state index contributed by atoms with van der Waals surface area (Å²) in [5.74, 6) is 0.0915. The lowest BCUT2D eigenvalue weighted by Gasteiger charge is -2.31. The van der Waals surface area contributed by atoms with Crippen molar-refractivity contribution in [3.05, 3.63) is 45.2 Å². The lowest BCUT2D eigenvalue weighted by molar-refractivity contribution is -0.131. The Labute approximate surface area is 214 Å². The molecule has 182 valence electrons. The number of nitrogens with one attached hydrogen (secondary N) is 1. The van der Waals surface area contributed by atoms with Gasteiger partial charge in [-0.15, -0.1) is 36.2 Å². The van der Waals surface area contributed by atoms with Crippen LogP contribution < -0.4 is 4.80 Å². The van der Waals surface area contributed by atoms with Crippen LogP contribution in [0.5, 0.6) is 0 Å². The number of aryl methyl sites for hydroxylation is 1. The van der Waals surface area contributed by atoms with Crippen molar-refractivity contribution in [2.24, 2.45) is 12.0 Å². The Hall–Kier alpha value is -1.52. The first kappa shape index (κ1) is 27.7. The maximum absolute atomic E-state index is 12.7. The summed E-state index contributed by atoms with van der Waals surface area (Å²) in [5, 5.41) is 1.41. The van der Waals surface area contributed by atoms with Crippen molar-refractivity contribution < 1.29 is 13.2 Å². The lowest BCUT2D eigenvalue weighted by Crippen LogP contribution is -2.38. The zero-order valence-corrected chi connectivity index (χ0v) is 22.3. The molecule has 33 heavy (non-hydrogen) atoms. The number of nitrogens with zero attached hydrogens (tertiary/aromatic N) is 3. The smallest absolute Gasteiger partial charge is 0.223 e. The van der Waals surface area contributed by atoms with Crippen LogP contribution in [-0.2, 0) is 21.7 Å². The summed E-state index contributed by atoms with van der Waals surface area (Å²) in [5.41, 5.74) is 0.706. The van der Waals surface area contributed by atoms with Crippen molar-refractivity contribution in [2.75, 3.05) is 25.9 Å². The normalized spacial score (nSPS) is 15.4. The number of fused-ring (bicyclic) bond motifs is 1. The molecule has 0 bridgehead atoms. The van der Waals surface area contributed by atoms with Crippen LogP contribution >= 0.6 is 47.8 Å². The fraction of sp³-hybridized carbons (Fsp3) is 0.429. The summed E-state index contributed by atoms with van der Waals surface area (Å²) in [6, 6.07) is 6.74. The minimum Gasteiger partial charge on any atom is -0.346 e. The number of likely N-dealkylation sites (tertiary alicyclic amines) is 1. The van der Waals surface area contributed by atoms with Crippen LogP contribution in [0.1, 0.15) is 30.1 Å². The molecule has 1 saturated heterocycles. The molecule has 0 unspecified atom stereocenters. The van der Waals surface area contributed by atoms with Crippen LogP contribution in [0.3, 0.4) is 0 Å². The number of thiazole rings is 1. The van der Waals surface area contributed by atoms with Gasteiger partial charge in [-0.2, -0.15) is 0 Å². The SMILES string of the molecule is CN=c1sc(C2CCN(C(=O)CCS(=O)(=O)c3cc4cc(Cl)ccc4[nH]3)CC2)cn1C.Cl.Cl. The van der Waals surface area contributed by atoms with E-state index in [1.165, 1.54) is 4.88 Å². The number of carbonyl (C=O) groups excluding carboxylic acids is 1. The second-order valence-electron chi connectivity index (χ2n) is 7.84. The number of sulfone groups is 1. The largest absolute Gasteiger partial charge is 0.346 e. The van der Waals surface area contributed by atoms with Crippen molar-refractivity contribution in [1.82, 2.24) is 14.5 Å². The van der Waals surface area contributed by atoms with Gasteiger partial charge in [-0.25, -0.2) is 8.42 Å². The Balaban J connectivity index is 0.00000193. The summed E-state index contributed by atoms with van der Waals surface area (Å²) < 4.78 is 27.5. The van der Waals surface area contributed by atoms with E-state index in [0.717, 1.165) is 23.0 Å². The third-order valence-electron chi connectivity index (χ3n) is 5.75. The number of rotatable bonds is 5. The minimum absolute atomic E-state index is 0. The number of hydrogen-bond donors (Lipinski definition) is 1. The highest BCUT2D eigenvalue weighted by Crippen LogP contribution is 2.30. The van der Waals surface area contributed by atoms with E-state index in [2.05, 4.69) is 16.2 Å². The van der Waals surface area contributed by atoms with Crippen molar-refractivity contribution in [3.63, 3.8) is 0 Å². The molecule has 12 heteroatoms. The molecule has 0 radical (unpaired) electrons. The summed E-state index contributed by atoms with van der Waals surface area (Å²) in [7, 11) is 0.192. The maximum atomic E-state index is 12.7. The van der Waals surface area contributed by atoms with Gasteiger partial charge in [0.15, 0.2) is 14.6 Å². The van der Waals surface area contributed by atoms with Crippen LogP contribution in [0.25, 0.3) is 10.9 Å². The highest BCUT2D eigenvalue weighted by molar-refractivity contribution is 7.91. The molecule has 1 aromatic carbocycles. The zero-order valence-electron chi connectivity index (χ0n) is 18.3. The monoisotopic (exact) mass is 552 g/mol. The summed E-state index contributed by atoms with van der Waals surface area (Å²) in [4.78, 5) is 23.9. The second-order valence-corrected chi connectivity index (χ2v) is 11.4. The number of hydrogen-bond acceptors (Lipinski definition) is 5. The van der Waals surface area contributed by atoms with Crippen LogP contribution in [0.2, 0.25) is 5.02 Å². The summed E-state index contributed by atoms with van der Waals surface area (Å²) in [6.45, 7) is 1.29. The molecule has 0 atom stereocenters. The summed E-state index contributed by atoms with van der Waals surface area (Å²) in [6.07, 6.45) is 3.86. The Kier molecular flexibility index (Phi) is 9.47. The second kappa shape index (κ2) is 11.3. The Bertz CT molecular complexity index is 1290. The highest BCUT2D eigenvalue weighted by atomic mass is 35.5. The van der Waals surface area contributed by atoms with E-state index >= 15 is 0 Å². The van der Waals surface area contributed by atoms with Gasteiger partial charge in [0.25, 0.3) is 0 Å². The van der Waals surface area contributed by atoms with E-state index in [4.69, 9.17) is 11.6 Å². The molecule has 1 aliphatic rings. The van der Waals surface area contributed by atoms with Crippen LogP contribution in [0.4, 0.5) is 0 Å². The van der Waals surface area contributed by atoms with E-state index in [1.807, 2.05) is 11.6 Å². The van der Waals surface area contributed by atoms with Gasteiger partial charge in [0.05, 0.1) is 5.75 Å². The fourth-order valence-corrected chi connectivity index (χ4v) is 6.52. The predicted octanol–water partition coefficient (Wildman–Crippen LogP) is 4.17. The van der Waals surface area contributed by atoms with Crippen molar-refractivity contribution in [2.45, 2.75) is 30.2 Å². The topological polar surface area (TPSA) is 87.5 Å². The summed E-state index contributed by atoms with van der Waals surface area (Å²) >= 11 is 7.67. The molecule has 7 nitrogen and oxygen atoms in total. The molecular formula is C21H27Cl3N4O3S2. The van der Waals surface area contributed by atoms with E-state index in [-0.39, 0.29) is 47.9 Å². The first-order chi connectivity index (χ1) is 14.8. The Morgan fingerprint density at radius 1 is 1.24 bits per heavy atom. The number of amides is 1. The molecule has 0 aliphatic carbocycles. The number of aromatic nitrogens is 2. The molecule has 0 saturated carbocycles. The van der Waals surface area contributed by atoms with Crippen molar-refractivity contribution in [1.29, 1.82) is 0 Å². The molecule has 3 aromatic rings. The van der Waals surface area contributed by atoms with Crippen LogP contribution in [0, 0.1) is 0 Å². The maximum Gasteiger partial charge on any atom is 0.223 e. The quantitative estimate of drug-likeness (QED) is 0.514. The highest BCUT2D eigenvalue weighted by Gasteiger charge is 2.27. The average Bonchev–Trinajstić information content (AvgIpc) is 3.35. The third kappa shape index (κ3) is 6.14. The number of aromatic amines is 1. The minimum atomic E-state index is -3.59. The van der Waals surface area contributed by atoms with Gasteiger partial charge in [0.1, 0.15) is 5.03 Å². The van der Waals surface area contributed by atoms with Gasteiger partial charge in [-0.1, -0.05) is 11.6 Å². The lowest BCUT2D eigenvalue weighted by atomic mass is 9.95. The van der Waals surface area contributed by atoms with E-state index in [9.17, 15) is 13.2 Å². The number of carbonyl (C=O) groups is 1. The molecule has 4 rings (SSSR count). The van der Waals surface area contributed by atoms with E-state index in [0.29, 0.717) is 29.5 Å². The van der Waals surface area contributed by atoms with Crippen LogP contribution in [0.15, 0.2) is 40.5 Å². The van der Waals surface area contributed by atoms with Crippen molar-refractivity contribution in [3.8, 4) is 0 Å². The van der Waals surface area contributed by atoms with Gasteiger partial charge in [0, 0.05) is 60.6 Å². The fourth-order valence-electron chi connectivity index (χ4n) is 3.99. The first-order valence-electron chi connectivity index (χ1n) is 10.1. The van der Waals surface area contributed by atoms with E-state index < -0.39 is 9.84 Å².